The zero-order valence-corrected chi connectivity index (χ0v) is 22.5. The predicted molar refractivity (Wildman–Crippen MR) is 140 cm³/mol. The molecule has 1 aliphatic heterocycles. The molecule has 0 unspecified atom stereocenters. The summed E-state index contributed by atoms with van der Waals surface area (Å²) in [6.07, 6.45) is 14.5. The van der Waals surface area contributed by atoms with Crippen LogP contribution in [0, 0.1) is 5.92 Å². The van der Waals surface area contributed by atoms with E-state index in [4.69, 9.17) is 4.74 Å². The van der Waals surface area contributed by atoms with Crippen LogP contribution in [0.2, 0.25) is 0 Å². The fraction of sp³-hybridized carbons (Fsp3) is 0.917. The molecule has 7 heteroatoms. The van der Waals surface area contributed by atoms with Crippen LogP contribution in [0.5, 0.6) is 0 Å². The standard InChI is InChI=1S/C24H46N4O2.HI/c1-4-20(5-2)23(29)28-17-14-21(15-18-28)27-24(25-3)26-16-10-11-19-30-22-12-8-6-7-9-13-22;/h20-22H,4-19H2,1-3H3,(H2,25,26,27);1H. The predicted octanol–water partition coefficient (Wildman–Crippen LogP) is 4.72. The molecule has 0 aromatic heterocycles. The summed E-state index contributed by atoms with van der Waals surface area (Å²) in [6, 6.07) is 0.389. The Kier molecular flexibility index (Phi) is 15.6. The number of aliphatic imine (C=N–C) groups is 1. The SMILES string of the molecule is CCC(CC)C(=O)N1CCC(NC(=NC)NCCCCOC2CCCCCC2)CC1.I. The molecule has 1 saturated heterocycles. The van der Waals surface area contributed by atoms with Crippen LogP contribution in [0.4, 0.5) is 0 Å². The van der Waals surface area contributed by atoms with Gasteiger partial charge in [0.15, 0.2) is 5.96 Å². The summed E-state index contributed by atoms with van der Waals surface area (Å²) < 4.78 is 6.07. The van der Waals surface area contributed by atoms with Gasteiger partial charge < -0.3 is 20.3 Å². The van der Waals surface area contributed by atoms with Crippen LogP contribution in [0.1, 0.15) is 90.9 Å². The fourth-order valence-electron chi connectivity index (χ4n) is 4.62. The van der Waals surface area contributed by atoms with Crippen LogP contribution < -0.4 is 10.6 Å². The number of amides is 1. The fourth-order valence-corrected chi connectivity index (χ4v) is 4.62. The third-order valence-electron chi connectivity index (χ3n) is 6.73. The van der Waals surface area contributed by atoms with Gasteiger partial charge in [-0.1, -0.05) is 39.5 Å². The minimum Gasteiger partial charge on any atom is -0.378 e. The van der Waals surface area contributed by atoms with E-state index < -0.39 is 0 Å². The van der Waals surface area contributed by atoms with Crippen molar-refractivity contribution in [3.05, 3.63) is 0 Å². The van der Waals surface area contributed by atoms with Gasteiger partial charge in [-0.05, 0) is 51.4 Å². The third kappa shape index (κ3) is 10.7. The average molecular weight is 551 g/mol. The van der Waals surface area contributed by atoms with E-state index in [1.807, 2.05) is 7.05 Å². The smallest absolute Gasteiger partial charge is 0.225 e. The Morgan fingerprint density at radius 3 is 2.26 bits per heavy atom. The lowest BCUT2D eigenvalue weighted by Crippen LogP contribution is -2.50. The quantitative estimate of drug-likeness (QED) is 0.136. The average Bonchev–Trinajstić information content (AvgIpc) is 3.05. The van der Waals surface area contributed by atoms with Crippen LogP contribution in [0.3, 0.4) is 0 Å². The van der Waals surface area contributed by atoms with Gasteiger partial charge in [-0.15, -0.1) is 24.0 Å². The van der Waals surface area contributed by atoms with Crippen LogP contribution in [0.25, 0.3) is 0 Å². The lowest BCUT2D eigenvalue weighted by Gasteiger charge is -2.34. The maximum atomic E-state index is 12.6. The summed E-state index contributed by atoms with van der Waals surface area (Å²) in [6.45, 7) is 7.71. The molecule has 2 aliphatic rings. The lowest BCUT2D eigenvalue weighted by molar-refractivity contribution is -0.136. The molecular weight excluding hydrogens is 503 g/mol. The van der Waals surface area contributed by atoms with Crippen molar-refractivity contribution in [2.75, 3.05) is 33.3 Å². The van der Waals surface area contributed by atoms with Gasteiger partial charge in [0, 0.05) is 45.2 Å². The lowest BCUT2D eigenvalue weighted by atomic mass is 9.98. The Morgan fingerprint density at radius 2 is 1.68 bits per heavy atom. The van der Waals surface area contributed by atoms with Gasteiger partial charge in [0.2, 0.25) is 5.91 Å². The minimum absolute atomic E-state index is 0. The minimum atomic E-state index is 0. The highest BCUT2D eigenvalue weighted by molar-refractivity contribution is 14.0. The second kappa shape index (κ2) is 17.0. The molecular formula is C24H47IN4O2. The maximum Gasteiger partial charge on any atom is 0.225 e. The number of carbonyl (C=O) groups excluding carboxylic acids is 1. The number of guanidine groups is 1. The van der Waals surface area contributed by atoms with Crippen molar-refractivity contribution in [3.8, 4) is 0 Å². The van der Waals surface area contributed by atoms with Gasteiger partial charge in [-0.3, -0.25) is 9.79 Å². The number of carbonyl (C=O) groups is 1. The molecule has 1 heterocycles. The number of rotatable bonds is 10. The summed E-state index contributed by atoms with van der Waals surface area (Å²) in [4.78, 5) is 19.0. The van der Waals surface area contributed by atoms with Crippen LogP contribution in [-0.2, 0) is 9.53 Å². The molecule has 1 saturated carbocycles. The molecule has 0 spiro atoms. The van der Waals surface area contributed by atoms with Crippen molar-refractivity contribution in [3.63, 3.8) is 0 Å². The van der Waals surface area contributed by atoms with Crippen molar-refractivity contribution >= 4 is 35.8 Å². The van der Waals surface area contributed by atoms with Crippen molar-refractivity contribution in [1.29, 1.82) is 0 Å². The van der Waals surface area contributed by atoms with E-state index in [1.54, 1.807) is 0 Å². The van der Waals surface area contributed by atoms with Gasteiger partial charge in [0.25, 0.3) is 0 Å². The summed E-state index contributed by atoms with van der Waals surface area (Å²) >= 11 is 0. The highest BCUT2D eigenvalue weighted by Crippen LogP contribution is 2.20. The van der Waals surface area contributed by atoms with Gasteiger partial charge in [0.1, 0.15) is 0 Å². The number of unbranched alkanes of at least 4 members (excludes halogenated alkanes) is 1. The Labute approximate surface area is 207 Å². The number of likely N-dealkylation sites (tertiary alicyclic amines) is 1. The van der Waals surface area contributed by atoms with E-state index >= 15 is 0 Å². The Balaban J connectivity index is 0.00000480. The normalized spacial score (nSPS) is 19.1. The van der Waals surface area contributed by atoms with Gasteiger partial charge in [-0.2, -0.15) is 0 Å². The maximum absolute atomic E-state index is 12.6. The molecule has 2 N–H and O–H groups in total. The van der Waals surface area contributed by atoms with E-state index in [0.29, 0.717) is 18.1 Å². The molecule has 1 aliphatic carbocycles. The molecule has 0 aromatic carbocycles. The largest absolute Gasteiger partial charge is 0.378 e. The van der Waals surface area contributed by atoms with Crippen molar-refractivity contribution < 1.29 is 9.53 Å². The molecule has 1 amide bonds. The van der Waals surface area contributed by atoms with E-state index in [-0.39, 0.29) is 29.9 Å². The number of nitrogens with one attached hydrogen (secondary N) is 2. The number of halogens is 1. The van der Waals surface area contributed by atoms with Crippen LogP contribution >= 0.6 is 24.0 Å². The van der Waals surface area contributed by atoms with Gasteiger partial charge in [-0.25, -0.2) is 0 Å². The molecule has 2 rings (SSSR count). The Bertz CT molecular complexity index is 498. The van der Waals surface area contributed by atoms with E-state index in [1.165, 1.54) is 38.5 Å². The highest BCUT2D eigenvalue weighted by Gasteiger charge is 2.26. The second-order valence-corrected chi connectivity index (χ2v) is 8.95. The summed E-state index contributed by atoms with van der Waals surface area (Å²) in [5, 5.41) is 6.98. The first-order chi connectivity index (χ1) is 14.7. The molecule has 0 bridgehead atoms. The van der Waals surface area contributed by atoms with Crippen LogP contribution in [0.15, 0.2) is 4.99 Å². The second-order valence-electron chi connectivity index (χ2n) is 8.95. The third-order valence-corrected chi connectivity index (χ3v) is 6.73. The zero-order valence-electron chi connectivity index (χ0n) is 20.2. The molecule has 0 aromatic rings. The van der Waals surface area contributed by atoms with E-state index in [2.05, 4.69) is 34.4 Å². The summed E-state index contributed by atoms with van der Waals surface area (Å²) in [7, 11) is 1.83. The Morgan fingerprint density at radius 1 is 1.03 bits per heavy atom. The summed E-state index contributed by atoms with van der Waals surface area (Å²) in [5.74, 6) is 1.41. The van der Waals surface area contributed by atoms with Gasteiger partial charge in [0.05, 0.1) is 6.10 Å². The van der Waals surface area contributed by atoms with E-state index in [0.717, 1.165) is 70.7 Å². The van der Waals surface area contributed by atoms with Crippen LogP contribution in [-0.4, -0.2) is 62.2 Å². The first kappa shape index (κ1) is 28.5. The number of ether oxygens (including phenoxy) is 1. The Hall–Kier alpha value is -0.570. The first-order valence-electron chi connectivity index (χ1n) is 12.5. The van der Waals surface area contributed by atoms with Gasteiger partial charge >= 0.3 is 0 Å². The molecule has 0 atom stereocenters. The molecule has 182 valence electrons. The number of nitrogens with zero attached hydrogens (tertiary/aromatic N) is 2. The van der Waals surface area contributed by atoms with Crippen molar-refractivity contribution in [1.82, 2.24) is 15.5 Å². The topological polar surface area (TPSA) is 66.0 Å². The number of hydrogen-bond donors (Lipinski definition) is 2. The molecule has 2 fully saturated rings. The summed E-state index contributed by atoms with van der Waals surface area (Å²) in [5.41, 5.74) is 0. The van der Waals surface area contributed by atoms with Crippen molar-refractivity contribution in [2.45, 2.75) is 103 Å². The monoisotopic (exact) mass is 550 g/mol. The number of piperidine rings is 1. The van der Waals surface area contributed by atoms with E-state index in [9.17, 15) is 4.79 Å². The first-order valence-corrected chi connectivity index (χ1v) is 12.5. The zero-order chi connectivity index (χ0) is 21.6. The highest BCUT2D eigenvalue weighted by atomic mass is 127. The molecule has 31 heavy (non-hydrogen) atoms. The van der Waals surface area contributed by atoms with Crippen molar-refractivity contribution in [2.24, 2.45) is 10.9 Å². The molecule has 0 radical (unpaired) electrons. The molecule has 6 nitrogen and oxygen atoms in total. The number of hydrogen-bond acceptors (Lipinski definition) is 3.